The molecule has 0 aliphatic carbocycles. The molecule has 0 amide bonds. The third-order valence-electron chi connectivity index (χ3n) is 2.32. The maximum atomic E-state index is 11.9. The molecule has 1 aromatic carbocycles. The van der Waals surface area contributed by atoms with E-state index in [1.165, 1.54) is 12.1 Å². The quantitative estimate of drug-likeness (QED) is 0.735. The van der Waals surface area contributed by atoms with Gasteiger partial charge in [-0.1, -0.05) is 12.8 Å². The Kier molecular flexibility index (Phi) is 5.55. The molecule has 0 atom stereocenters. The molecule has 1 rings (SSSR count). The second kappa shape index (κ2) is 6.93. The summed E-state index contributed by atoms with van der Waals surface area (Å²) in [4.78, 5) is 11.0. The molecule has 1 aromatic rings. The molecule has 0 unspecified atom stereocenters. The Morgan fingerprint density at radius 3 is 2.75 bits per heavy atom. The lowest BCUT2D eigenvalue weighted by atomic mass is 10.2. The van der Waals surface area contributed by atoms with Crippen LogP contribution in [-0.2, 0) is 10.0 Å². The van der Waals surface area contributed by atoms with Crippen molar-refractivity contribution in [1.82, 2.24) is 4.72 Å². The molecule has 0 bridgehead atoms. The van der Waals surface area contributed by atoms with E-state index >= 15 is 0 Å². The van der Waals surface area contributed by atoms with Gasteiger partial charge >= 0.3 is 5.97 Å². The van der Waals surface area contributed by atoms with Crippen molar-refractivity contribution in [2.45, 2.75) is 18.2 Å². The summed E-state index contributed by atoms with van der Waals surface area (Å²) in [6, 6.07) is 3.64. The predicted octanol–water partition coefficient (Wildman–Crippen LogP) is 1.09. The van der Waals surface area contributed by atoms with Crippen LogP contribution in [0.1, 0.15) is 23.7 Å². The largest absolute Gasteiger partial charge is 0.493 e. The zero-order chi connectivity index (χ0) is 15.2. The van der Waals surface area contributed by atoms with Gasteiger partial charge in [0.1, 0.15) is 11.3 Å². The minimum atomic E-state index is -3.83. The summed E-state index contributed by atoms with van der Waals surface area (Å²) in [5.74, 6) is 1.01. The van der Waals surface area contributed by atoms with E-state index in [1.54, 1.807) is 0 Å². The number of aromatic carboxylic acids is 1. The van der Waals surface area contributed by atoms with Crippen molar-refractivity contribution in [2.75, 3.05) is 13.2 Å². The van der Waals surface area contributed by atoms with Crippen LogP contribution >= 0.6 is 0 Å². The van der Waals surface area contributed by atoms with Gasteiger partial charge in [0, 0.05) is 0 Å². The first-order valence-electron chi connectivity index (χ1n) is 5.85. The molecule has 20 heavy (non-hydrogen) atoms. The van der Waals surface area contributed by atoms with E-state index < -0.39 is 16.0 Å². The van der Waals surface area contributed by atoms with Crippen molar-refractivity contribution in [3.05, 3.63) is 23.8 Å². The summed E-state index contributed by atoms with van der Waals surface area (Å²) in [5.41, 5.74) is -0.206. The summed E-state index contributed by atoms with van der Waals surface area (Å²) in [6.07, 6.45) is 5.69. The number of rotatable bonds is 7. The summed E-state index contributed by atoms with van der Waals surface area (Å²) in [7, 11) is -3.83. The molecule has 108 valence electrons. The zero-order valence-corrected chi connectivity index (χ0v) is 11.7. The van der Waals surface area contributed by atoms with Crippen LogP contribution in [-0.4, -0.2) is 32.6 Å². The van der Waals surface area contributed by atoms with Gasteiger partial charge in [-0.05, 0) is 24.6 Å². The van der Waals surface area contributed by atoms with Crippen LogP contribution in [0.5, 0.6) is 5.75 Å². The SMILES string of the molecule is C#CCNS(=O)(=O)c1ccc(OCCC)c(C(=O)O)c1. The van der Waals surface area contributed by atoms with Gasteiger partial charge in [0.2, 0.25) is 10.0 Å². The molecule has 0 aliphatic heterocycles. The van der Waals surface area contributed by atoms with Crippen molar-refractivity contribution in [3.63, 3.8) is 0 Å². The number of hydrogen-bond donors (Lipinski definition) is 2. The van der Waals surface area contributed by atoms with Crippen LogP contribution in [0.2, 0.25) is 0 Å². The normalized spacial score (nSPS) is 10.8. The van der Waals surface area contributed by atoms with Crippen LogP contribution in [0.3, 0.4) is 0 Å². The molecule has 7 heteroatoms. The van der Waals surface area contributed by atoms with Gasteiger partial charge in [-0.25, -0.2) is 13.2 Å². The van der Waals surface area contributed by atoms with E-state index in [-0.39, 0.29) is 22.8 Å². The van der Waals surface area contributed by atoms with Crippen LogP contribution in [0.25, 0.3) is 0 Å². The Morgan fingerprint density at radius 1 is 1.50 bits per heavy atom. The third kappa shape index (κ3) is 3.98. The van der Waals surface area contributed by atoms with E-state index in [2.05, 4.69) is 10.6 Å². The molecular weight excluding hydrogens is 282 g/mol. The third-order valence-corrected chi connectivity index (χ3v) is 3.72. The fraction of sp³-hybridized carbons (Fsp3) is 0.308. The monoisotopic (exact) mass is 297 g/mol. The van der Waals surface area contributed by atoms with E-state index in [4.69, 9.17) is 16.3 Å². The van der Waals surface area contributed by atoms with Crippen molar-refractivity contribution in [3.8, 4) is 18.1 Å². The Balaban J connectivity index is 3.17. The second-order valence-electron chi connectivity index (χ2n) is 3.84. The fourth-order valence-corrected chi connectivity index (χ4v) is 2.36. The maximum Gasteiger partial charge on any atom is 0.339 e. The molecule has 6 nitrogen and oxygen atoms in total. The number of carboxylic acids is 1. The van der Waals surface area contributed by atoms with Crippen LogP contribution in [0, 0.1) is 12.3 Å². The summed E-state index contributed by atoms with van der Waals surface area (Å²) in [5, 5.41) is 9.10. The van der Waals surface area contributed by atoms with E-state index in [1.807, 2.05) is 6.92 Å². The highest BCUT2D eigenvalue weighted by Crippen LogP contribution is 2.23. The van der Waals surface area contributed by atoms with Crippen LogP contribution in [0.15, 0.2) is 23.1 Å². The first-order valence-corrected chi connectivity index (χ1v) is 7.34. The maximum absolute atomic E-state index is 11.9. The van der Waals surface area contributed by atoms with Gasteiger partial charge in [-0.2, -0.15) is 4.72 Å². The van der Waals surface area contributed by atoms with Gasteiger partial charge in [0.15, 0.2) is 0 Å². The molecule has 0 spiro atoms. The fourth-order valence-electron chi connectivity index (χ4n) is 1.40. The van der Waals surface area contributed by atoms with Crippen molar-refractivity contribution in [1.29, 1.82) is 0 Å². The lowest BCUT2D eigenvalue weighted by Gasteiger charge is -2.10. The lowest BCUT2D eigenvalue weighted by Crippen LogP contribution is -2.24. The van der Waals surface area contributed by atoms with E-state index in [9.17, 15) is 13.2 Å². The van der Waals surface area contributed by atoms with Gasteiger partial charge in [-0.15, -0.1) is 6.42 Å². The average Bonchev–Trinajstić information content (AvgIpc) is 2.42. The summed E-state index contributed by atoms with van der Waals surface area (Å²) < 4.78 is 31.1. The summed E-state index contributed by atoms with van der Waals surface area (Å²) >= 11 is 0. The number of benzene rings is 1. The first-order chi connectivity index (χ1) is 9.42. The van der Waals surface area contributed by atoms with Gasteiger partial charge in [-0.3, -0.25) is 0 Å². The number of terminal acetylenes is 1. The minimum absolute atomic E-state index is 0.134. The van der Waals surface area contributed by atoms with Gasteiger partial charge in [0.05, 0.1) is 18.0 Å². The minimum Gasteiger partial charge on any atom is -0.493 e. The highest BCUT2D eigenvalue weighted by atomic mass is 32.2. The molecule has 0 saturated heterocycles. The Labute approximate surface area is 117 Å². The molecule has 0 saturated carbocycles. The standard InChI is InChI=1S/C13H15NO5S/c1-3-7-14-20(17,18)10-5-6-12(19-8-4-2)11(9-10)13(15)16/h1,5-6,9,14H,4,7-8H2,2H3,(H,15,16). The van der Waals surface area contributed by atoms with Gasteiger partial charge < -0.3 is 9.84 Å². The van der Waals surface area contributed by atoms with E-state index in [0.29, 0.717) is 13.0 Å². The lowest BCUT2D eigenvalue weighted by molar-refractivity contribution is 0.0692. The number of carbonyl (C=O) groups is 1. The van der Waals surface area contributed by atoms with Crippen molar-refractivity contribution >= 4 is 16.0 Å². The second-order valence-corrected chi connectivity index (χ2v) is 5.61. The summed E-state index contributed by atoms with van der Waals surface area (Å²) in [6.45, 7) is 2.06. The number of hydrogen-bond acceptors (Lipinski definition) is 4. The molecular formula is C13H15NO5S. The van der Waals surface area contributed by atoms with Gasteiger partial charge in [0.25, 0.3) is 0 Å². The molecule has 0 heterocycles. The molecule has 0 aliphatic rings. The molecule has 0 radical (unpaired) electrons. The average molecular weight is 297 g/mol. The van der Waals surface area contributed by atoms with Crippen LogP contribution < -0.4 is 9.46 Å². The molecule has 2 N–H and O–H groups in total. The Morgan fingerprint density at radius 2 is 2.20 bits per heavy atom. The topological polar surface area (TPSA) is 92.7 Å². The molecule has 0 fully saturated rings. The first kappa shape index (κ1) is 16.0. The number of nitrogens with one attached hydrogen (secondary N) is 1. The van der Waals surface area contributed by atoms with Crippen molar-refractivity contribution in [2.24, 2.45) is 0 Å². The number of sulfonamides is 1. The zero-order valence-electron chi connectivity index (χ0n) is 10.9. The van der Waals surface area contributed by atoms with Crippen molar-refractivity contribution < 1.29 is 23.1 Å². The number of ether oxygens (including phenoxy) is 1. The molecule has 0 aromatic heterocycles. The smallest absolute Gasteiger partial charge is 0.339 e. The van der Waals surface area contributed by atoms with Crippen LogP contribution in [0.4, 0.5) is 0 Å². The number of carboxylic acid groups (broad SMARTS) is 1. The Hall–Kier alpha value is -2.04. The van der Waals surface area contributed by atoms with E-state index in [0.717, 1.165) is 6.07 Å². The highest BCUT2D eigenvalue weighted by Gasteiger charge is 2.19. The Bertz CT molecular complexity index is 631. The predicted molar refractivity (Wildman–Crippen MR) is 73.2 cm³/mol. The highest BCUT2D eigenvalue weighted by molar-refractivity contribution is 7.89.